The van der Waals surface area contributed by atoms with E-state index in [4.69, 9.17) is 4.42 Å². The Morgan fingerprint density at radius 3 is 2.86 bits per heavy atom. The highest BCUT2D eigenvalue weighted by atomic mass is 79.9. The minimum Gasteiger partial charge on any atom is -0.451 e. The number of fused-ring (bicyclic) bond motifs is 2. The zero-order valence-corrected chi connectivity index (χ0v) is 12.8. The predicted octanol–water partition coefficient (Wildman–Crippen LogP) is 4.40. The molecular weight excluding hydrogens is 330 g/mol. The van der Waals surface area contributed by atoms with Gasteiger partial charge in [0.1, 0.15) is 5.58 Å². The summed E-state index contributed by atoms with van der Waals surface area (Å²) in [5.74, 6) is 0.302. The second-order valence-electron chi connectivity index (χ2n) is 5.10. The van der Waals surface area contributed by atoms with Crippen molar-refractivity contribution in [2.24, 2.45) is 0 Å². The molecule has 2 aromatic carbocycles. The molecule has 2 heterocycles. The van der Waals surface area contributed by atoms with E-state index in [1.165, 1.54) is 5.56 Å². The Bertz CT molecular complexity index is 853. The van der Waals surface area contributed by atoms with E-state index < -0.39 is 0 Å². The number of carbonyl (C=O) groups is 1. The molecule has 3 nitrogen and oxygen atoms in total. The Morgan fingerprint density at radius 1 is 1.14 bits per heavy atom. The quantitative estimate of drug-likeness (QED) is 0.657. The van der Waals surface area contributed by atoms with Gasteiger partial charge in [0.05, 0.1) is 0 Å². The van der Waals surface area contributed by atoms with Crippen LogP contribution in [0, 0.1) is 0 Å². The largest absolute Gasteiger partial charge is 0.451 e. The van der Waals surface area contributed by atoms with E-state index in [0.29, 0.717) is 12.3 Å². The topological polar surface area (TPSA) is 33.5 Å². The van der Waals surface area contributed by atoms with Crippen molar-refractivity contribution in [3.05, 3.63) is 64.3 Å². The van der Waals surface area contributed by atoms with Gasteiger partial charge in [0.15, 0.2) is 5.76 Å². The van der Waals surface area contributed by atoms with E-state index in [1.807, 2.05) is 42.5 Å². The summed E-state index contributed by atoms with van der Waals surface area (Å²) in [4.78, 5) is 14.5. The fourth-order valence-corrected chi connectivity index (χ4v) is 3.28. The number of anilines is 1. The summed E-state index contributed by atoms with van der Waals surface area (Å²) in [6.45, 7) is 0.705. The van der Waals surface area contributed by atoms with Gasteiger partial charge in [-0.25, -0.2) is 0 Å². The number of furan rings is 1. The molecule has 0 atom stereocenters. The maximum atomic E-state index is 12.7. The van der Waals surface area contributed by atoms with Gasteiger partial charge >= 0.3 is 0 Å². The van der Waals surface area contributed by atoms with Crippen molar-refractivity contribution in [3.63, 3.8) is 0 Å². The number of benzene rings is 2. The van der Waals surface area contributed by atoms with Gasteiger partial charge in [0, 0.05) is 22.1 Å². The first-order chi connectivity index (χ1) is 10.2. The fourth-order valence-electron chi connectivity index (χ4n) is 2.81. The van der Waals surface area contributed by atoms with Crippen LogP contribution in [0.3, 0.4) is 0 Å². The van der Waals surface area contributed by atoms with Crippen molar-refractivity contribution < 1.29 is 9.21 Å². The molecule has 0 saturated carbocycles. The molecule has 4 heteroatoms. The standard InChI is InChI=1S/C17H12BrNO2/c18-13-5-3-7-15-12(13)10-16(21-15)17(20)19-9-8-11-4-1-2-6-14(11)19/h1-7,10H,8-9H2. The number of halogens is 1. The molecule has 0 radical (unpaired) electrons. The van der Waals surface area contributed by atoms with Gasteiger partial charge in [-0.1, -0.05) is 40.2 Å². The summed E-state index contributed by atoms with van der Waals surface area (Å²) >= 11 is 3.48. The lowest BCUT2D eigenvalue weighted by Gasteiger charge is -2.15. The van der Waals surface area contributed by atoms with Crippen LogP contribution in [-0.2, 0) is 6.42 Å². The van der Waals surface area contributed by atoms with E-state index in [0.717, 1.165) is 27.6 Å². The smallest absolute Gasteiger partial charge is 0.294 e. The van der Waals surface area contributed by atoms with Crippen LogP contribution in [-0.4, -0.2) is 12.5 Å². The molecule has 21 heavy (non-hydrogen) atoms. The minimum absolute atomic E-state index is 0.0805. The van der Waals surface area contributed by atoms with Gasteiger partial charge in [-0.15, -0.1) is 0 Å². The predicted molar refractivity (Wildman–Crippen MR) is 85.7 cm³/mol. The van der Waals surface area contributed by atoms with Crippen LogP contribution in [0.5, 0.6) is 0 Å². The summed E-state index contributed by atoms with van der Waals surface area (Å²) < 4.78 is 6.65. The molecule has 1 aliphatic heterocycles. The summed E-state index contributed by atoms with van der Waals surface area (Å²) in [6.07, 6.45) is 0.895. The molecule has 104 valence electrons. The third-order valence-electron chi connectivity index (χ3n) is 3.85. The SMILES string of the molecule is O=C(c1cc2c(Br)cccc2o1)N1CCc2ccccc21. The van der Waals surface area contributed by atoms with Crippen molar-refractivity contribution in [2.45, 2.75) is 6.42 Å². The molecule has 1 amide bonds. The Balaban J connectivity index is 1.76. The molecule has 4 rings (SSSR count). The van der Waals surface area contributed by atoms with Gasteiger partial charge < -0.3 is 9.32 Å². The van der Waals surface area contributed by atoms with Gasteiger partial charge in [-0.3, -0.25) is 4.79 Å². The average molecular weight is 342 g/mol. The Morgan fingerprint density at radius 2 is 2.00 bits per heavy atom. The second-order valence-corrected chi connectivity index (χ2v) is 5.95. The third kappa shape index (κ3) is 1.98. The zero-order valence-electron chi connectivity index (χ0n) is 11.2. The van der Waals surface area contributed by atoms with Crippen LogP contribution in [0.1, 0.15) is 16.1 Å². The normalized spacial score (nSPS) is 13.7. The number of carbonyl (C=O) groups excluding carboxylic acids is 1. The van der Waals surface area contributed by atoms with E-state index >= 15 is 0 Å². The van der Waals surface area contributed by atoms with Crippen LogP contribution in [0.4, 0.5) is 5.69 Å². The van der Waals surface area contributed by atoms with Gasteiger partial charge in [-0.2, -0.15) is 0 Å². The summed E-state index contributed by atoms with van der Waals surface area (Å²) in [6, 6.07) is 15.5. The van der Waals surface area contributed by atoms with Gasteiger partial charge in [-0.05, 0) is 36.2 Å². The lowest BCUT2D eigenvalue weighted by atomic mass is 10.2. The summed E-state index contributed by atoms with van der Waals surface area (Å²) in [5, 5.41) is 0.924. The number of rotatable bonds is 1. The molecule has 0 unspecified atom stereocenters. The van der Waals surface area contributed by atoms with Gasteiger partial charge in [0.2, 0.25) is 0 Å². The van der Waals surface area contributed by atoms with Crippen molar-refractivity contribution in [1.29, 1.82) is 0 Å². The Kier molecular flexibility index (Phi) is 2.86. The third-order valence-corrected chi connectivity index (χ3v) is 4.54. The first-order valence-corrected chi connectivity index (χ1v) is 7.61. The van der Waals surface area contributed by atoms with Crippen LogP contribution in [0.25, 0.3) is 11.0 Å². The summed E-state index contributed by atoms with van der Waals surface area (Å²) in [7, 11) is 0. The molecular formula is C17H12BrNO2. The number of para-hydroxylation sites is 1. The van der Waals surface area contributed by atoms with Gasteiger partial charge in [0.25, 0.3) is 5.91 Å². The first kappa shape index (κ1) is 12.7. The van der Waals surface area contributed by atoms with E-state index in [2.05, 4.69) is 22.0 Å². The second kappa shape index (κ2) is 4.74. The highest BCUT2D eigenvalue weighted by Gasteiger charge is 2.27. The molecule has 0 fully saturated rings. The van der Waals surface area contributed by atoms with Crippen molar-refractivity contribution in [1.82, 2.24) is 0 Å². The average Bonchev–Trinajstić information content (AvgIpc) is 3.11. The monoisotopic (exact) mass is 341 g/mol. The molecule has 1 aromatic heterocycles. The Hall–Kier alpha value is -2.07. The van der Waals surface area contributed by atoms with Crippen LogP contribution < -0.4 is 4.90 Å². The maximum Gasteiger partial charge on any atom is 0.294 e. The van der Waals surface area contributed by atoms with E-state index in [9.17, 15) is 4.79 Å². The number of nitrogens with zero attached hydrogens (tertiary/aromatic N) is 1. The molecule has 1 aliphatic rings. The number of hydrogen-bond donors (Lipinski definition) is 0. The van der Waals surface area contributed by atoms with Crippen molar-refractivity contribution in [3.8, 4) is 0 Å². The molecule has 0 aliphatic carbocycles. The molecule has 0 spiro atoms. The van der Waals surface area contributed by atoms with E-state index in [-0.39, 0.29) is 5.91 Å². The molecule has 0 bridgehead atoms. The maximum absolute atomic E-state index is 12.7. The molecule has 3 aromatic rings. The highest BCUT2D eigenvalue weighted by molar-refractivity contribution is 9.10. The molecule has 0 N–H and O–H groups in total. The lowest BCUT2D eigenvalue weighted by molar-refractivity contribution is 0.0965. The zero-order chi connectivity index (χ0) is 14.4. The van der Waals surface area contributed by atoms with Crippen molar-refractivity contribution in [2.75, 3.05) is 11.4 Å². The lowest BCUT2D eigenvalue weighted by Crippen LogP contribution is -2.28. The molecule has 0 saturated heterocycles. The first-order valence-electron chi connectivity index (χ1n) is 6.82. The van der Waals surface area contributed by atoms with Crippen LogP contribution in [0.2, 0.25) is 0 Å². The van der Waals surface area contributed by atoms with Crippen LogP contribution in [0.15, 0.2) is 57.4 Å². The minimum atomic E-state index is -0.0805. The Labute approximate surface area is 130 Å². The van der Waals surface area contributed by atoms with Crippen LogP contribution >= 0.6 is 15.9 Å². The number of hydrogen-bond acceptors (Lipinski definition) is 2. The highest BCUT2D eigenvalue weighted by Crippen LogP contribution is 2.31. The fraction of sp³-hybridized carbons (Fsp3) is 0.118. The van der Waals surface area contributed by atoms with E-state index in [1.54, 1.807) is 4.90 Å². The summed E-state index contributed by atoms with van der Waals surface area (Å²) in [5.41, 5.74) is 2.92. The number of amides is 1. The van der Waals surface area contributed by atoms with Crippen molar-refractivity contribution >= 4 is 38.5 Å².